The van der Waals surface area contributed by atoms with Crippen LogP contribution in [0.25, 0.3) is 0 Å². The number of hydrogen-bond donors (Lipinski definition) is 0. The largest absolute Gasteiger partial charge is 0.498 e. The van der Waals surface area contributed by atoms with Gasteiger partial charge in [0.1, 0.15) is 0 Å². The van der Waals surface area contributed by atoms with Crippen molar-refractivity contribution >= 4 is 18.6 Å². The average Bonchev–Trinajstić information content (AvgIpc) is 2.77. The minimum absolute atomic E-state index is 0.225. The van der Waals surface area contributed by atoms with Gasteiger partial charge in [-0.3, -0.25) is 4.68 Å². The fraction of sp³-hybridized carbons (Fsp3) is 0.667. The zero-order chi connectivity index (χ0) is 14.4. The van der Waals surface area contributed by atoms with Gasteiger partial charge in [-0.1, -0.05) is 0 Å². The number of aromatic nitrogens is 2. The monoisotopic (exact) mass is 266 g/mol. The van der Waals surface area contributed by atoms with E-state index in [1.165, 1.54) is 7.11 Å². The van der Waals surface area contributed by atoms with Gasteiger partial charge in [-0.2, -0.15) is 5.10 Å². The Hall–Kier alpha value is -1.34. The Labute approximate surface area is 113 Å². The lowest BCUT2D eigenvalue weighted by atomic mass is 9.79. The molecule has 1 aromatic heterocycles. The first-order chi connectivity index (χ1) is 8.68. The van der Waals surface area contributed by atoms with Crippen molar-refractivity contribution in [3.05, 3.63) is 11.9 Å². The lowest BCUT2D eigenvalue weighted by Crippen LogP contribution is -2.41. The average molecular weight is 266 g/mol. The maximum absolute atomic E-state index is 11.7. The summed E-state index contributed by atoms with van der Waals surface area (Å²) in [5.74, 6) is -0.495. The zero-order valence-corrected chi connectivity index (χ0v) is 12.2. The van der Waals surface area contributed by atoms with Crippen LogP contribution in [0.1, 0.15) is 38.2 Å². The fourth-order valence-electron chi connectivity index (χ4n) is 1.90. The Morgan fingerprint density at radius 3 is 2.32 bits per heavy atom. The third-order valence-corrected chi connectivity index (χ3v) is 3.74. The minimum atomic E-state index is -0.618. The van der Waals surface area contributed by atoms with E-state index in [0.717, 1.165) is 0 Å². The van der Waals surface area contributed by atoms with Crippen molar-refractivity contribution in [2.45, 2.75) is 38.9 Å². The van der Waals surface area contributed by atoms with Gasteiger partial charge in [-0.15, -0.1) is 0 Å². The summed E-state index contributed by atoms with van der Waals surface area (Å²) in [5.41, 5.74) is -0.0987. The van der Waals surface area contributed by atoms with Crippen molar-refractivity contribution in [2.24, 2.45) is 7.05 Å². The maximum atomic E-state index is 11.7. The van der Waals surface area contributed by atoms with Crippen LogP contribution < -0.4 is 5.46 Å². The highest BCUT2D eigenvalue weighted by Gasteiger charge is 2.53. The second kappa shape index (κ2) is 4.35. The van der Waals surface area contributed by atoms with E-state index in [0.29, 0.717) is 5.46 Å². The normalized spacial score (nSPS) is 20.6. The second-order valence-electron chi connectivity index (χ2n) is 5.69. The minimum Gasteiger partial charge on any atom is -0.464 e. The summed E-state index contributed by atoms with van der Waals surface area (Å²) in [6.45, 7) is 7.84. The quantitative estimate of drug-likeness (QED) is 0.576. The second-order valence-corrected chi connectivity index (χ2v) is 5.69. The zero-order valence-electron chi connectivity index (χ0n) is 12.2. The molecule has 6 nitrogen and oxygen atoms in total. The number of methoxy groups -OCH3 is 1. The van der Waals surface area contributed by atoms with E-state index < -0.39 is 24.3 Å². The van der Waals surface area contributed by atoms with E-state index in [-0.39, 0.29) is 5.69 Å². The lowest BCUT2D eigenvalue weighted by Gasteiger charge is -2.32. The molecule has 0 aliphatic carbocycles. The number of carbonyl (C=O) groups is 1. The number of nitrogens with zero attached hydrogens (tertiary/aromatic N) is 2. The highest BCUT2D eigenvalue weighted by Crippen LogP contribution is 2.36. The van der Waals surface area contributed by atoms with Gasteiger partial charge >= 0.3 is 13.1 Å². The molecule has 2 heterocycles. The van der Waals surface area contributed by atoms with Crippen molar-refractivity contribution < 1.29 is 18.8 Å². The molecule has 0 unspecified atom stereocenters. The first kappa shape index (κ1) is 14.1. The Bertz CT molecular complexity index is 494. The molecule has 0 aromatic carbocycles. The molecule has 2 rings (SSSR count). The van der Waals surface area contributed by atoms with Gasteiger partial charge in [0, 0.05) is 18.7 Å². The van der Waals surface area contributed by atoms with Gasteiger partial charge in [0.05, 0.1) is 18.3 Å². The topological polar surface area (TPSA) is 62.6 Å². The lowest BCUT2D eigenvalue weighted by molar-refractivity contribution is 0.00578. The van der Waals surface area contributed by atoms with Crippen molar-refractivity contribution in [2.75, 3.05) is 7.11 Å². The molecule has 0 N–H and O–H groups in total. The van der Waals surface area contributed by atoms with Crippen LogP contribution in [0.2, 0.25) is 0 Å². The van der Waals surface area contributed by atoms with Gasteiger partial charge in [-0.25, -0.2) is 4.79 Å². The fourth-order valence-corrected chi connectivity index (χ4v) is 1.90. The number of esters is 1. The SMILES string of the molecule is COC(=O)c1nn(C)cc1B1OC(C)(C)C(C)(C)O1. The molecular formula is C12H19BN2O4. The number of aryl methyl sites for hydroxylation is 1. The molecule has 1 aromatic rings. The molecule has 1 aliphatic heterocycles. The first-order valence-corrected chi connectivity index (χ1v) is 6.15. The van der Waals surface area contributed by atoms with E-state index in [1.54, 1.807) is 17.9 Å². The maximum Gasteiger partial charge on any atom is 0.498 e. The third kappa shape index (κ3) is 2.28. The van der Waals surface area contributed by atoms with E-state index in [2.05, 4.69) is 5.10 Å². The third-order valence-electron chi connectivity index (χ3n) is 3.74. The molecule has 0 amide bonds. The Morgan fingerprint density at radius 2 is 1.84 bits per heavy atom. The summed E-state index contributed by atoms with van der Waals surface area (Å²) in [7, 11) is 2.44. The van der Waals surface area contributed by atoms with Crippen molar-refractivity contribution in [3.63, 3.8) is 0 Å². The van der Waals surface area contributed by atoms with Gasteiger partial charge in [0.15, 0.2) is 5.69 Å². The Kier molecular flexibility index (Phi) is 3.22. The molecule has 7 heteroatoms. The van der Waals surface area contributed by atoms with Crippen LogP contribution in [0.4, 0.5) is 0 Å². The summed E-state index contributed by atoms with van der Waals surface area (Å²) in [5, 5.41) is 4.10. The van der Waals surface area contributed by atoms with Crippen LogP contribution in [0.15, 0.2) is 6.20 Å². The van der Waals surface area contributed by atoms with Gasteiger partial charge in [-0.05, 0) is 27.7 Å². The molecule has 104 valence electrons. The molecule has 0 atom stereocenters. The van der Waals surface area contributed by atoms with Crippen molar-refractivity contribution in [1.82, 2.24) is 9.78 Å². The predicted molar refractivity (Wildman–Crippen MR) is 70.3 cm³/mol. The molecule has 0 spiro atoms. The van der Waals surface area contributed by atoms with Crippen molar-refractivity contribution in [3.8, 4) is 0 Å². The first-order valence-electron chi connectivity index (χ1n) is 6.15. The summed E-state index contributed by atoms with van der Waals surface area (Å²) in [4.78, 5) is 11.7. The smallest absolute Gasteiger partial charge is 0.464 e. The predicted octanol–water partition coefficient (Wildman–Crippen LogP) is 0.506. The highest BCUT2D eigenvalue weighted by atomic mass is 16.7. The molecule has 1 saturated heterocycles. The summed E-state index contributed by atoms with van der Waals surface area (Å²) in [6, 6.07) is 0. The summed E-state index contributed by atoms with van der Waals surface area (Å²) < 4.78 is 18.1. The van der Waals surface area contributed by atoms with Crippen LogP contribution in [-0.4, -0.2) is 41.2 Å². The number of carbonyl (C=O) groups excluding carboxylic acids is 1. The Morgan fingerprint density at radius 1 is 1.32 bits per heavy atom. The van der Waals surface area contributed by atoms with Crippen LogP contribution in [-0.2, 0) is 21.1 Å². The molecule has 0 saturated carbocycles. The summed E-state index contributed by atoms with van der Waals surface area (Å²) in [6.07, 6.45) is 1.72. The van der Waals surface area contributed by atoms with E-state index in [9.17, 15) is 4.79 Å². The van der Waals surface area contributed by atoms with Crippen LogP contribution in [0.3, 0.4) is 0 Å². The summed E-state index contributed by atoms with van der Waals surface area (Å²) >= 11 is 0. The molecule has 1 aliphatic rings. The van der Waals surface area contributed by atoms with Gasteiger partial charge in [0.2, 0.25) is 0 Å². The Balaban J connectivity index is 2.37. The number of ether oxygens (including phenoxy) is 1. The van der Waals surface area contributed by atoms with Crippen molar-refractivity contribution in [1.29, 1.82) is 0 Å². The molecular weight excluding hydrogens is 247 g/mol. The van der Waals surface area contributed by atoms with Crippen LogP contribution in [0.5, 0.6) is 0 Å². The highest BCUT2D eigenvalue weighted by molar-refractivity contribution is 6.63. The van der Waals surface area contributed by atoms with E-state index in [4.69, 9.17) is 14.0 Å². The number of rotatable bonds is 2. The number of hydrogen-bond acceptors (Lipinski definition) is 5. The van der Waals surface area contributed by atoms with Crippen LogP contribution >= 0.6 is 0 Å². The molecule has 0 bridgehead atoms. The van der Waals surface area contributed by atoms with E-state index in [1.807, 2.05) is 27.7 Å². The molecule has 1 fully saturated rings. The standard InChI is InChI=1S/C12H19BN2O4/c1-11(2)12(3,4)19-13(18-11)8-7-15(5)14-9(8)10(16)17-6/h7H,1-6H3. The van der Waals surface area contributed by atoms with Crippen LogP contribution in [0, 0.1) is 0 Å². The van der Waals surface area contributed by atoms with E-state index >= 15 is 0 Å². The molecule has 0 radical (unpaired) electrons. The van der Waals surface area contributed by atoms with Gasteiger partial charge in [0.25, 0.3) is 0 Å². The van der Waals surface area contributed by atoms with Gasteiger partial charge < -0.3 is 14.0 Å². The molecule has 19 heavy (non-hydrogen) atoms.